The molecule has 0 spiro atoms. The van der Waals surface area contributed by atoms with Crippen LogP contribution >= 0.6 is 0 Å². The van der Waals surface area contributed by atoms with Gasteiger partial charge in [0.25, 0.3) is 11.8 Å². The molecule has 4 N–H and O–H groups in total. The highest BCUT2D eigenvalue weighted by molar-refractivity contribution is 6.00. The number of fused-ring (bicyclic) bond motifs is 1. The van der Waals surface area contributed by atoms with Gasteiger partial charge in [0.05, 0.1) is 12.5 Å². The second kappa shape index (κ2) is 11.5. The molecule has 4 amide bonds. The van der Waals surface area contributed by atoms with Crippen LogP contribution in [0.15, 0.2) is 54.6 Å². The maximum atomic E-state index is 14.2. The highest BCUT2D eigenvalue weighted by Crippen LogP contribution is 2.19. The van der Waals surface area contributed by atoms with Crippen LogP contribution in [0.25, 0.3) is 10.9 Å². The van der Waals surface area contributed by atoms with Crippen LogP contribution in [0.4, 0.5) is 9.18 Å². The predicted octanol–water partition coefficient (Wildman–Crippen LogP) is 3.05. The lowest BCUT2D eigenvalue weighted by molar-refractivity contribution is -0.130. The van der Waals surface area contributed by atoms with Gasteiger partial charge in [-0.25, -0.2) is 14.2 Å². The number of aromatic nitrogens is 1. The van der Waals surface area contributed by atoms with Gasteiger partial charge in [-0.3, -0.25) is 19.8 Å². The van der Waals surface area contributed by atoms with Crippen LogP contribution in [0.2, 0.25) is 0 Å². The number of nitrogens with one attached hydrogen (secondary N) is 4. The Morgan fingerprint density at radius 2 is 1.87 bits per heavy atom. The minimum absolute atomic E-state index is 0.0765. The van der Waals surface area contributed by atoms with E-state index >= 15 is 0 Å². The number of benzene rings is 2. The number of aromatic amines is 1. The van der Waals surface area contributed by atoms with Gasteiger partial charge in [0, 0.05) is 23.9 Å². The lowest BCUT2D eigenvalue weighted by atomic mass is 10.1. The Morgan fingerprint density at radius 1 is 1.13 bits per heavy atom. The normalized spacial score (nSPS) is 15.9. The van der Waals surface area contributed by atoms with Crippen LogP contribution in [0, 0.1) is 11.7 Å². The summed E-state index contributed by atoms with van der Waals surface area (Å²) in [6, 6.07) is 13.8. The minimum atomic E-state index is -1.11. The van der Waals surface area contributed by atoms with Crippen LogP contribution in [0.1, 0.15) is 43.2 Å². The monoisotopic (exact) mass is 537 g/mol. The molecule has 10 nitrogen and oxygen atoms in total. The summed E-state index contributed by atoms with van der Waals surface area (Å²) >= 11 is 0. The maximum absolute atomic E-state index is 14.2. The van der Waals surface area contributed by atoms with Crippen molar-refractivity contribution in [3.8, 4) is 0 Å². The second-order valence-electron chi connectivity index (χ2n) is 10.4. The molecular formula is C28H32FN5O5. The third-order valence-corrected chi connectivity index (χ3v) is 6.18. The number of H-pyrrole nitrogens is 1. The van der Waals surface area contributed by atoms with Gasteiger partial charge in [0.15, 0.2) is 0 Å². The molecular weight excluding hydrogens is 505 g/mol. The fourth-order valence-corrected chi connectivity index (χ4v) is 4.27. The van der Waals surface area contributed by atoms with Crippen LogP contribution in [0.3, 0.4) is 0 Å². The molecule has 1 saturated heterocycles. The third kappa shape index (κ3) is 7.13. The molecule has 1 aliphatic rings. The molecule has 1 fully saturated rings. The molecule has 4 rings (SSSR count). The van der Waals surface area contributed by atoms with Gasteiger partial charge >= 0.3 is 6.09 Å². The van der Waals surface area contributed by atoms with Crippen LogP contribution in [0.5, 0.6) is 0 Å². The molecule has 1 aromatic heterocycles. The summed E-state index contributed by atoms with van der Waals surface area (Å²) in [4.78, 5) is 54.7. The standard InChI is InChI=1S/C28H32FN5O5/c1-28(2,3)39-27(38)34(16-18-12-13-30-24(18)35)33-26(37)22(14-17-8-5-4-6-9-17)32-25(36)23-15-19-20(29)10-7-11-21(19)31-23/h4-11,15,18,22,31H,12-14,16H2,1-3H3,(H,30,35)(H,32,36)(H,33,37)/t18-,22+/m1/s1. The molecule has 39 heavy (non-hydrogen) atoms. The number of carbonyl (C=O) groups is 4. The maximum Gasteiger partial charge on any atom is 0.429 e. The quantitative estimate of drug-likeness (QED) is 0.344. The van der Waals surface area contributed by atoms with Crippen molar-refractivity contribution in [2.24, 2.45) is 5.92 Å². The van der Waals surface area contributed by atoms with Crippen molar-refractivity contribution in [3.05, 3.63) is 71.7 Å². The molecule has 0 unspecified atom stereocenters. The molecule has 0 saturated carbocycles. The number of carbonyl (C=O) groups excluding carboxylic acids is 4. The van der Waals surface area contributed by atoms with Gasteiger partial charge in [-0.1, -0.05) is 36.4 Å². The third-order valence-electron chi connectivity index (χ3n) is 6.18. The lowest BCUT2D eigenvalue weighted by Gasteiger charge is -2.30. The van der Waals surface area contributed by atoms with Gasteiger partial charge < -0.3 is 20.4 Å². The van der Waals surface area contributed by atoms with E-state index < -0.39 is 41.3 Å². The molecule has 11 heteroatoms. The Bertz CT molecular complexity index is 1370. The van der Waals surface area contributed by atoms with Crippen molar-refractivity contribution >= 4 is 34.7 Å². The van der Waals surface area contributed by atoms with E-state index in [-0.39, 0.29) is 30.0 Å². The summed E-state index contributed by atoms with van der Waals surface area (Å²) in [6.07, 6.45) is -0.222. The highest BCUT2D eigenvalue weighted by atomic mass is 19.1. The van der Waals surface area contributed by atoms with Crippen molar-refractivity contribution in [2.45, 2.75) is 45.3 Å². The van der Waals surface area contributed by atoms with Gasteiger partial charge in [-0.05, 0) is 51.0 Å². The lowest BCUT2D eigenvalue weighted by Crippen LogP contribution is -2.57. The fourth-order valence-electron chi connectivity index (χ4n) is 4.27. The number of rotatable bonds is 7. The number of hydrogen-bond donors (Lipinski definition) is 4. The largest absolute Gasteiger partial charge is 0.442 e. The first kappa shape index (κ1) is 27.6. The van der Waals surface area contributed by atoms with Crippen LogP contribution in [-0.4, -0.2) is 58.5 Å². The molecule has 0 aliphatic carbocycles. The summed E-state index contributed by atoms with van der Waals surface area (Å²) in [6.45, 7) is 5.44. The zero-order valence-electron chi connectivity index (χ0n) is 22.0. The first-order chi connectivity index (χ1) is 18.5. The van der Waals surface area contributed by atoms with E-state index in [2.05, 4.69) is 21.0 Å². The van der Waals surface area contributed by atoms with E-state index in [9.17, 15) is 23.6 Å². The molecule has 2 heterocycles. The van der Waals surface area contributed by atoms with Gasteiger partial charge in [0.1, 0.15) is 23.2 Å². The zero-order chi connectivity index (χ0) is 28.2. The molecule has 3 aromatic rings. The summed E-state index contributed by atoms with van der Waals surface area (Å²) in [5.41, 5.74) is 2.99. The Morgan fingerprint density at radius 3 is 2.51 bits per heavy atom. The molecule has 0 bridgehead atoms. The van der Waals surface area contributed by atoms with Crippen molar-refractivity contribution in [1.29, 1.82) is 0 Å². The highest BCUT2D eigenvalue weighted by Gasteiger charge is 2.33. The average Bonchev–Trinajstić information content (AvgIpc) is 3.50. The Balaban J connectivity index is 1.57. The molecule has 2 aromatic carbocycles. The molecule has 0 radical (unpaired) electrons. The number of halogens is 1. The second-order valence-corrected chi connectivity index (χ2v) is 10.4. The smallest absolute Gasteiger partial charge is 0.429 e. The Hall–Kier alpha value is -4.41. The molecule has 1 aliphatic heterocycles. The summed E-state index contributed by atoms with van der Waals surface area (Å²) in [5, 5.41) is 6.63. The van der Waals surface area contributed by atoms with E-state index in [0.717, 1.165) is 10.6 Å². The van der Waals surface area contributed by atoms with E-state index in [1.165, 1.54) is 18.2 Å². The Labute approximate surface area is 225 Å². The van der Waals surface area contributed by atoms with Crippen molar-refractivity contribution in [1.82, 2.24) is 26.1 Å². The average molecular weight is 538 g/mol. The first-order valence-corrected chi connectivity index (χ1v) is 12.7. The van der Waals surface area contributed by atoms with Gasteiger partial charge in [0.2, 0.25) is 5.91 Å². The SMILES string of the molecule is CC(C)(C)OC(=O)N(C[C@H]1CCNC1=O)NC(=O)[C@H](Cc1ccccc1)NC(=O)c1cc2c(F)cccc2[nH]1. The zero-order valence-corrected chi connectivity index (χ0v) is 22.0. The van der Waals surface area contributed by atoms with Crippen molar-refractivity contribution < 1.29 is 28.3 Å². The van der Waals surface area contributed by atoms with Gasteiger partial charge in [-0.15, -0.1) is 0 Å². The van der Waals surface area contributed by atoms with Crippen LogP contribution in [-0.2, 0) is 20.7 Å². The molecule has 206 valence electrons. The first-order valence-electron chi connectivity index (χ1n) is 12.7. The van der Waals surface area contributed by atoms with E-state index in [4.69, 9.17) is 4.74 Å². The van der Waals surface area contributed by atoms with Crippen molar-refractivity contribution in [2.75, 3.05) is 13.1 Å². The number of hydrogen-bond acceptors (Lipinski definition) is 5. The number of amides is 4. The van der Waals surface area contributed by atoms with Gasteiger partial charge in [-0.2, -0.15) is 0 Å². The van der Waals surface area contributed by atoms with E-state index in [1.807, 2.05) is 6.07 Å². The minimum Gasteiger partial charge on any atom is -0.442 e. The number of nitrogens with zero attached hydrogens (tertiary/aromatic N) is 1. The summed E-state index contributed by atoms with van der Waals surface area (Å²) in [5.74, 6) is -2.54. The topological polar surface area (TPSA) is 133 Å². The van der Waals surface area contributed by atoms with E-state index in [0.29, 0.717) is 18.5 Å². The number of ether oxygens (including phenoxy) is 1. The van der Waals surface area contributed by atoms with E-state index in [1.54, 1.807) is 51.1 Å². The summed E-state index contributed by atoms with van der Waals surface area (Å²) < 4.78 is 19.6. The molecule has 2 atom stereocenters. The fraction of sp³-hybridized carbons (Fsp3) is 0.357. The van der Waals surface area contributed by atoms with Crippen molar-refractivity contribution in [3.63, 3.8) is 0 Å². The van der Waals surface area contributed by atoms with Crippen LogP contribution < -0.4 is 16.1 Å². The predicted molar refractivity (Wildman–Crippen MR) is 142 cm³/mol. The number of hydrazine groups is 1. The Kier molecular flexibility index (Phi) is 8.18. The summed E-state index contributed by atoms with van der Waals surface area (Å²) in [7, 11) is 0.